The molecular weight excluding hydrogens is 528 g/mol. The second-order valence-electron chi connectivity index (χ2n) is 12.3. The van der Waals surface area contributed by atoms with Crippen LogP contribution in [0.1, 0.15) is 41.6 Å². The van der Waals surface area contributed by atoms with Crippen molar-refractivity contribution in [1.82, 2.24) is 33.8 Å². The maximum Gasteiger partial charge on any atom is 0.254 e. The number of hydrogen-bond acceptors (Lipinski definition) is 6. The number of fused-ring (bicyclic) bond motifs is 4. The molecule has 3 aromatic heterocycles. The predicted octanol–water partition coefficient (Wildman–Crippen LogP) is 4.01. The average molecular weight is 565 g/mol. The van der Waals surface area contributed by atoms with Gasteiger partial charge in [0.1, 0.15) is 23.9 Å². The van der Waals surface area contributed by atoms with Gasteiger partial charge in [-0.3, -0.25) is 9.48 Å². The van der Waals surface area contributed by atoms with E-state index in [0.29, 0.717) is 23.1 Å². The predicted molar refractivity (Wildman–Crippen MR) is 160 cm³/mol. The van der Waals surface area contributed by atoms with Crippen molar-refractivity contribution in [2.24, 2.45) is 24.6 Å². The molecule has 10 heteroatoms. The van der Waals surface area contributed by atoms with Crippen molar-refractivity contribution < 1.29 is 9.53 Å². The number of para-hydroxylation sites is 1. The maximum absolute atomic E-state index is 13.7. The minimum atomic E-state index is 0.0184. The Balaban J connectivity index is 1.22. The Kier molecular flexibility index (Phi) is 5.89. The lowest BCUT2D eigenvalue weighted by atomic mass is 10.1. The van der Waals surface area contributed by atoms with Crippen LogP contribution in [-0.4, -0.2) is 65.4 Å². The van der Waals surface area contributed by atoms with Crippen LogP contribution in [-0.2, 0) is 26.6 Å². The zero-order valence-corrected chi connectivity index (χ0v) is 24.1. The van der Waals surface area contributed by atoms with E-state index < -0.39 is 0 Å². The SMILES string of the molecule is COc1cc(C(=O)N2C[C@H]3CC[C@@H]2[C@@H]3N)cc2nc(-c3cc4cccc(CCn5cncn5)c4n3CC3CC3)n(C)c12. The molecule has 3 fully saturated rings. The van der Waals surface area contributed by atoms with Crippen LogP contribution in [0.2, 0.25) is 0 Å². The van der Waals surface area contributed by atoms with Gasteiger partial charge in [-0.05, 0) is 67.7 Å². The van der Waals surface area contributed by atoms with Crippen LogP contribution in [0.15, 0.2) is 49.1 Å². The van der Waals surface area contributed by atoms with E-state index in [4.69, 9.17) is 15.5 Å². The number of carbonyl (C=O) groups excluding carboxylic acids is 1. The fraction of sp³-hybridized carbons (Fsp3) is 0.438. The number of ether oxygens (including phenoxy) is 1. The van der Waals surface area contributed by atoms with Crippen LogP contribution in [0.4, 0.5) is 0 Å². The molecule has 0 unspecified atom stereocenters. The third-order valence-electron chi connectivity index (χ3n) is 9.76. The first-order chi connectivity index (χ1) is 20.5. The largest absolute Gasteiger partial charge is 0.494 e. The van der Waals surface area contributed by atoms with Gasteiger partial charge >= 0.3 is 0 Å². The number of piperidine rings is 1. The average Bonchev–Trinajstić information content (AvgIpc) is 3.36. The van der Waals surface area contributed by atoms with E-state index in [0.717, 1.165) is 61.4 Å². The number of nitrogens with two attached hydrogens (primary N) is 1. The molecule has 0 radical (unpaired) electrons. The second-order valence-corrected chi connectivity index (χ2v) is 12.3. The van der Waals surface area contributed by atoms with Crippen molar-refractivity contribution in [1.29, 1.82) is 0 Å². The van der Waals surface area contributed by atoms with Crippen LogP contribution in [0.25, 0.3) is 33.5 Å². The lowest BCUT2D eigenvalue weighted by Gasteiger charge is -2.27. The first-order valence-electron chi connectivity index (χ1n) is 15.0. The van der Waals surface area contributed by atoms with Gasteiger partial charge in [-0.15, -0.1) is 0 Å². The molecular formula is C32H36N8O2. The molecule has 1 amide bonds. The molecule has 2 bridgehead atoms. The topological polar surface area (TPSA) is 109 Å². The van der Waals surface area contributed by atoms with Crippen LogP contribution < -0.4 is 10.5 Å². The van der Waals surface area contributed by atoms with Gasteiger partial charge in [0.2, 0.25) is 0 Å². The molecule has 1 aliphatic heterocycles. The van der Waals surface area contributed by atoms with E-state index in [2.05, 4.69) is 43.5 Å². The minimum absolute atomic E-state index is 0.0184. The summed E-state index contributed by atoms with van der Waals surface area (Å²) in [6, 6.07) is 12.8. The van der Waals surface area contributed by atoms with Gasteiger partial charge in [-0.2, -0.15) is 5.10 Å². The molecule has 2 N–H and O–H groups in total. The highest BCUT2D eigenvalue weighted by atomic mass is 16.5. The molecule has 2 aromatic carbocycles. The molecule has 2 saturated carbocycles. The summed E-state index contributed by atoms with van der Waals surface area (Å²) in [4.78, 5) is 24.9. The molecule has 2 aliphatic carbocycles. The number of amides is 1. The molecule has 216 valence electrons. The monoisotopic (exact) mass is 564 g/mol. The van der Waals surface area contributed by atoms with E-state index in [9.17, 15) is 4.79 Å². The first-order valence-corrected chi connectivity index (χ1v) is 15.0. The number of likely N-dealkylation sites (tertiary alicyclic amines) is 1. The van der Waals surface area contributed by atoms with Gasteiger partial charge < -0.3 is 24.5 Å². The van der Waals surface area contributed by atoms with Crippen molar-refractivity contribution >= 4 is 27.8 Å². The standard InChI is InChI=1S/C32H36N8O2/c1-37-30-24(12-23(14-27(30)42-2)32(41)40-16-22-8-9-25(40)28(22)33)36-31(37)26-13-21-5-3-4-20(10-11-38-18-34-17-35-38)29(21)39(26)15-19-6-7-19/h3-5,12-14,17-19,22,25,28H,6-11,15-16,33H2,1-2H3/t22-,25-,28-/m1/s1. The Labute approximate surface area is 244 Å². The van der Waals surface area contributed by atoms with E-state index in [1.807, 2.05) is 28.8 Å². The number of aromatic nitrogens is 6. The zero-order valence-electron chi connectivity index (χ0n) is 24.1. The summed E-state index contributed by atoms with van der Waals surface area (Å²) in [6.45, 7) is 2.47. The number of nitrogens with zero attached hydrogens (tertiary/aromatic N) is 7. The summed E-state index contributed by atoms with van der Waals surface area (Å²) in [6.07, 6.45) is 8.81. The normalized spacial score (nSPS) is 21.7. The molecule has 4 heterocycles. The third-order valence-corrected chi connectivity index (χ3v) is 9.76. The summed E-state index contributed by atoms with van der Waals surface area (Å²) in [5.41, 5.74) is 12.3. The number of rotatable bonds is 8. The lowest BCUT2D eigenvalue weighted by Crippen LogP contribution is -2.41. The summed E-state index contributed by atoms with van der Waals surface area (Å²) in [5.74, 6) is 2.63. The summed E-state index contributed by atoms with van der Waals surface area (Å²) < 4.78 is 12.3. The van der Waals surface area contributed by atoms with Crippen LogP contribution in [0, 0.1) is 11.8 Å². The van der Waals surface area contributed by atoms with Gasteiger partial charge in [0, 0.05) is 49.7 Å². The van der Waals surface area contributed by atoms with E-state index in [-0.39, 0.29) is 18.0 Å². The minimum Gasteiger partial charge on any atom is -0.494 e. The Bertz CT molecular complexity index is 1820. The number of benzene rings is 2. The Morgan fingerprint density at radius 1 is 1.12 bits per heavy atom. The van der Waals surface area contributed by atoms with E-state index >= 15 is 0 Å². The highest BCUT2D eigenvalue weighted by Crippen LogP contribution is 2.40. The number of carbonyl (C=O) groups is 1. The fourth-order valence-electron chi connectivity index (χ4n) is 7.39. The second kappa shape index (κ2) is 9.69. The highest BCUT2D eigenvalue weighted by Gasteiger charge is 2.47. The van der Waals surface area contributed by atoms with Gasteiger partial charge in [0.15, 0.2) is 5.82 Å². The Morgan fingerprint density at radius 3 is 2.71 bits per heavy atom. The number of aryl methyl sites for hydroxylation is 3. The van der Waals surface area contributed by atoms with Crippen molar-refractivity contribution in [2.75, 3.05) is 13.7 Å². The van der Waals surface area contributed by atoms with Crippen molar-refractivity contribution in [2.45, 2.75) is 57.3 Å². The van der Waals surface area contributed by atoms with E-state index in [1.165, 1.54) is 29.3 Å². The molecule has 1 saturated heterocycles. The quantitative estimate of drug-likeness (QED) is 0.305. The molecule has 3 aliphatic rings. The molecule has 8 rings (SSSR count). The van der Waals surface area contributed by atoms with Crippen LogP contribution >= 0.6 is 0 Å². The van der Waals surface area contributed by atoms with Gasteiger partial charge in [-0.25, -0.2) is 9.97 Å². The summed E-state index contributed by atoms with van der Waals surface area (Å²) in [5, 5.41) is 5.50. The molecule has 42 heavy (non-hydrogen) atoms. The Morgan fingerprint density at radius 2 is 2.00 bits per heavy atom. The fourth-order valence-corrected chi connectivity index (χ4v) is 7.39. The van der Waals surface area contributed by atoms with Crippen molar-refractivity contribution in [3.63, 3.8) is 0 Å². The zero-order chi connectivity index (χ0) is 28.5. The van der Waals surface area contributed by atoms with E-state index in [1.54, 1.807) is 19.8 Å². The van der Waals surface area contributed by atoms with Crippen molar-refractivity contribution in [3.8, 4) is 17.3 Å². The number of hydrogen-bond donors (Lipinski definition) is 1. The van der Waals surface area contributed by atoms with Gasteiger partial charge in [0.05, 0.1) is 23.8 Å². The first kappa shape index (κ1) is 25.5. The van der Waals surface area contributed by atoms with Crippen molar-refractivity contribution in [3.05, 3.63) is 60.2 Å². The van der Waals surface area contributed by atoms with Gasteiger partial charge in [0.25, 0.3) is 5.91 Å². The Hall–Kier alpha value is -4.18. The van der Waals surface area contributed by atoms with Crippen LogP contribution in [0.5, 0.6) is 5.75 Å². The lowest BCUT2D eigenvalue weighted by molar-refractivity contribution is 0.0700. The molecule has 0 spiro atoms. The number of methoxy groups -OCH3 is 1. The highest BCUT2D eigenvalue weighted by molar-refractivity contribution is 6.00. The molecule has 5 aromatic rings. The molecule has 10 nitrogen and oxygen atoms in total. The summed E-state index contributed by atoms with van der Waals surface area (Å²) >= 11 is 0. The van der Waals surface area contributed by atoms with Gasteiger partial charge in [-0.1, -0.05) is 18.2 Å². The maximum atomic E-state index is 13.7. The van der Waals surface area contributed by atoms with Crippen LogP contribution in [0.3, 0.4) is 0 Å². The summed E-state index contributed by atoms with van der Waals surface area (Å²) in [7, 11) is 3.70. The number of imidazole rings is 1. The third kappa shape index (κ3) is 4.03. The smallest absolute Gasteiger partial charge is 0.254 e. The molecule has 3 atom stereocenters.